The summed E-state index contributed by atoms with van der Waals surface area (Å²) in [7, 11) is 0. The van der Waals surface area contributed by atoms with Crippen molar-refractivity contribution in [2.75, 3.05) is 13.2 Å². The summed E-state index contributed by atoms with van der Waals surface area (Å²) in [6.45, 7) is 13.9. The molecule has 1 N–H and O–H groups in total. The van der Waals surface area contributed by atoms with Crippen LogP contribution >= 0.6 is 0 Å². The Morgan fingerprint density at radius 2 is 2.05 bits per heavy atom. The van der Waals surface area contributed by atoms with Crippen LogP contribution in [0.4, 0.5) is 13.6 Å². The maximum absolute atomic E-state index is 13.1. The van der Waals surface area contributed by atoms with Gasteiger partial charge in [-0.05, 0) is 51.7 Å². The number of nitrogens with one attached hydrogen (secondary N) is 1. The van der Waals surface area contributed by atoms with Crippen LogP contribution in [0.3, 0.4) is 0 Å². The van der Waals surface area contributed by atoms with Crippen LogP contribution in [0.5, 0.6) is 5.88 Å². The van der Waals surface area contributed by atoms with Crippen molar-refractivity contribution in [3.05, 3.63) is 61.4 Å². The number of hydrogen-bond acceptors (Lipinski definition) is 6. The van der Waals surface area contributed by atoms with Gasteiger partial charge in [0.25, 0.3) is 5.88 Å². The maximum atomic E-state index is 13.1. The molecule has 0 saturated carbocycles. The Morgan fingerprint density at radius 1 is 1.26 bits per heavy atom. The lowest BCUT2D eigenvalue weighted by Crippen LogP contribution is -2.46. The topological polar surface area (TPSA) is 97.5 Å². The Hall–Kier alpha value is -3.89. The van der Waals surface area contributed by atoms with Gasteiger partial charge in [0.15, 0.2) is 0 Å². The molecule has 3 aromatic heterocycles. The second-order valence-electron chi connectivity index (χ2n) is 8.91. The Kier molecular flexibility index (Phi) is 10.3. The summed E-state index contributed by atoms with van der Waals surface area (Å²) in [5.41, 5.74) is 3.48. The average Bonchev–Trinajstić information content (AvgIpc) is 3.37. The zero-order valence-corrected chi connectivity index (χ0v) is 22.1. The summed E-state index contributed by atoms with van der Waals surface area (Å²) < 4.78 is 32.9. The number of fused-ring (bicyclic) bond motifs is 1. The first-order chi connectivity index (χ1) is 18.3. The zero-order chi connectivity index (χ0) is 27.7. The molecule has 2 amide bonds. The second kappa shape index (κ2) is 13.6. The SMILES string of the molecule is C=CCCOc1nc(-c2cc([C@@H](C)N(CC)C(=O)NC(CC=C)CCC(F)F)ncc2C)cn2ncnc12. The van der Waals surface area contributed by atoms with E-state index < -0.39 is 18.5 Å². The van der Waals surface area contributed by atoms with Crippen molar-refractivity contribution in [2.24, 2.45) is 0 Å². The van der Waals surface area contributed by atoms with Gasteiger partial charge in [-0.3, -0.25) is 4.98 Å². The van der Waals surface area contributed by atoms with Crippen LogP contribution in [-0.4, -0.2) is 61.1 Å². The molecule has 0 radical (unpaired) electrons. The first-order valence-electron chi connectivity index (χ1n) is 12.7. The molecule has 0 saturated heterocycles. The second-order valence-corrected chi connectivity index (χ2v) is 8.91. The number of pyridine rings is 1. The van der Waals surface area contributed by atoms with Crippen molar-refractivity contribution < 1.29 is 18.3 Å². The molecule has 11 heteroatoms. The largest absolute Gasteiger partial charge is 0.475 e. The van der Waals surface area contributed by atoms with Crippen molar-refractivity contribution in [3.8, 4) is 17.1 Å². The lowest BCUT2D eigenvalue weighted by atomic mass is 10.0. The van der Waals surface area contributed by atoms with E-state index in [0.29, 0.717) is 48.9 Å². The van der Waals surface area contributed by atoms with Crippen molar-refractivity contribution in [3.63, 3.8) is 0 Å². The van der Waals surface area contributed by atoms with Crippen molar-refractivity contribution in [1.82, 2.24) is 34.8 Å². The van der Waals surface area contributed by atoms with Crippen molar-refractivity contribution in [2.45, 2.75) is 65.0 Å². The maximum Gasteiger partial charge on any atom is 0.318 e. The van der Waals surface area contributed by atoms with Crippen LogP contribution in [0.25, 0.3) is 16.9 Å². The number of rotatable bonds is 14. The summed E-state index contributed by atoms with van der Waals surface area (Å²) >= 11 is 0. The quantitative estimate of drug-likeness (QED) is 0.219. The predicted molar refractivity (Wildman–Crippen MR) is 142 cm³/mol. The monoisotopic (exact) mass is 527 g/mol. The minimum atomic E-state index is -2.42. The normalized spacial score (nSPS) is 12.8. The molecule has 0 aliphatic rings. The number of aromatic nitrogens is 5. The Labute approximate surface area is 221 Å². The fourth-order valence-corrected chi connectivity index (χ4v) is 4.10. The van der Waals surface area contributed by atoms with E-state index in [-0.39, 0.29) is 18.9 Å². The molecule has 0 bridgehead atoms. The molecule has 2 atom stereocenters. The highest BCUT2D eigenvalue weighted by molar-refractivity contribution is 5.75. The van der Waals surface area contributed by atoms with E-state index in [4.69, 9.17) is 9.72 Å². The number of halogens is 2. The minimum absolute atomic E-state index is 0.169. The van der Waals surface area contributed by atoms with Gasteiger partial charge in [-0.1, -0.05) is 12.2 Å². The Balaban J connectivity index is 1.88. The minimum Gasteiger partial charge on any atom is -0.475 e. The summed E-state index contributed by atoms with van der Waals surface area (Å²) in [4.78, 5) is 28.3. The number of alkyl halides is 2. The molecule has 0 aliphatic carbocycles. The van der Waals surface area contributed by atoms with Gasteiger partial charge >= 0.3 is 6.03 Å². The summed E-state index contributed by atoms with van der Waals surface area (Å²) in [6.07, 6.45) is 6.86. The molecule has 204 valence electrons. The molecule has 0 aromatic carbocycles. The van der Waals surface area contributed by atoms with Crippen LogP contribution in [-0.2, 0) is 0 Å². The third-order valence-corrected chi connectivity index (χ3v) is 6.20. The van der Waals surface area contributed by atoms with Crippen molar-refractivity contribution in [1.29, 1.82) is 0 Å². The van der Waals surface area contributed by atoms with Gasteiger partial charge in [0.05, 0.1) is 30.2 Å². The fraction of sp³-hybridized carbons (Fsp3) is 0.444. The zero-order valence-electron chi connectivity index (χ0n) is 22.1. The van der Waals surface area contributed by atoms with Crippen LogP contribution in [0.15, 0.2) is 50.1 Å². The van der Waals surface area contributed by atoms with E-state index in [1.54, 1.807) is 34.0 Å². The van der Waals surface area contributed by atoms with Gasteiger partial charge in [0, 0.05) is 30.8 Å². The van der Waals surface area contributed by atoms with Gasteiger partial charge in [0.1, 0.15) is 6.33 Å². The smallest absolute Gasteiger partial charge is 0.318 e. The number of amides is 2. The van der Waals surface area contributed by atoms with Crippen LogP contribution in [0.2, 0.25) is 0 Å². The molecule has 0 spiro atoms. The molecule has 38 heavy (non-hydrogen) atoms. The van der Waals surface area contributed by atoms with Crippen LogP contribution in [0.1, 0.15) is 56.8 Å². The number of carbonyl (C=O) groups excluding carboxylic acids is 1. The molecular formula is C27H35F2N7O2. The van der Waals surface area contributed by atoms with E-state index in [9.17, 15) is 13.6 Å². The van der Waals surface area contributed by atoms with Gasteiger partial charge in [-0.25, -0.2) is 28.1 Å². The molecular weight excluding hydrogens is 492 g/mol. The molecule has 1 unspecified atom stereocenters. The van der Waals surface area contributed by atoms with E-state index in [1.807, 2.05) is 26.8 Å². The summed E-state index contributed by atoms with van der Waals surface area (Å²) in [5, 5.41) is 7.13. The Morgan fingerprint density at radius 3 is 2.74 bits per heavy atom. The highest BCUT2D eigenvalue weighted by Gasteiger charge is 2.24. The number of ether oxygens (including phenoxy) is 1. The third-order valence-electron chi connectivity index (χ3n) is 6.20. The highest BCUT2D eigenvalue weighted by Crippen LogP contribution is 2.29. The Bertz CT molecular complexity index is 1250. The number of urea groups is 1. The number of hydrogen-bond donors (Lipinski definition) is 1. The first kappa shape index (κ1) is 28.7. The number of carbonyl (C=O) groups is 1. The van der Waals surface area contributed by atoms with Crippen LogP contribution < -0.4 is 10.1 Å². The lowest BCUT2D eigenvalue weighted by molar-refractivity contribution is 0.128. The van der Waals surface area contributed by atoms with Crippen LogP contribution in [0, 0.1) is 6.92 Å². The van der Waals surface area contributed by atoms with Gasteiger partial charge in [0.2, 0.25) is 12.1 Å². The average molecular weight is 528 g/mol. The number of aryl methyl sites for hydroxylation is 1. The highest BCUT2D eigenvalue weighted by atomic mass is 19.3. The van der Waals surface area contributed by atoms with Gasteiger partial charge < -0.3 is 15.0 Å². The molecule has 0 aliphatic heterocycles. The first-order valence-corrected chi connectivity index (χ1v) is 12.7. The van der Waals surface area contributed by atoms with Crippen molar-refractivity contribution >= 4 is 11.7 Å². The summed E-state index contributed by atoms with van der Waals surface area (Å²) in [6, 6.07) is 0.740. The van der Waals surface area contributed by atoms with E-state index in [2.05, 4.69) is 33.5 Å². The van der Waals surface area contributed by atoms with Gasteiger partial charge in [-0.2, -0.15) is 5.10 Å². The molecule has 0 fully saturated rings. The lowest BCUT2D eigenvalue weighted by Gasteiger charge is -2.30. The molecule has 3 aromatic rings. The standard InChI is InChI=1S/C27H35F2N7O2/c1-6-9-13-38-26-25-31-17-32-36(25)16-23(34-26)21-14-22(30-15-18(21)4)19(5)35(8-3)27(37)33-20(10-7-2)11-12-24(28)29/h6-7,14-17,19-20,24H,1-2,8-13H2,3-5H3,(H,33,37)/t19-,20?/m1/s1. The van der Waals surface area contributed by atoms with E-state index >= 15 is 0 Å². The molecule has 9 nitrogen and oxygen atoms in total. The molecule has 3 rings (SSSR count). The number of nitrogens with zero attached hydrogens (tertiary/aromatic N) is 6. The predicted octanol–water partition coefficient (Wildman–Crippen LogP) is 5.53. The van der Waals surface area contributed by atoms with Gasteiger partial charge in [-0.15, -0.1) is 13.2 Å². The van der Waals surface area contributed by atoms with E-state index in [0.717, 1.165) is 11.1 Å². The fourth-order valence-electron chi connectivity index (χ4n) is 4.10. The molecule has 3 heterocycles. The van der Waals surface area contributed by atoms with E-state index in [1.165, 1.54) is 6.33 Å². The summed E-state index contributed by atoms with van der Waals surface area (Å²) in [5.74, 6) is 0.360. The third kappa shape index (κ3) is 7.11.